The standard InChI is InChI=1S/C22H27N/c1-2-7-18(8-3-1)21-13-14-22(23-16-21)20-12-6-11-19(15-20)17-9-4-5-10-17/h6,11-18H,1-5,7-10H2. The van der Waals surface area contributed by atoms with Gasteiger partial charge in [-0.25, -0.2) is 0 Å². The van der Waals surface area contributed by atoms with Gasteiger partial charge in [0.2, 0.25) is 0 Å². The normalized spacial score (nSPS) is 20.0. The Hall–Kier alpha value is -1.63. The average Bonchev–Trinajstić information content (AvgIpc) is 3.18. The molecule has 2 aliphatic rings. The third-order valence-electron chi connectivity index (χ3n) is 5.87. The number of hydrogen-bond acceptors (Lipinski definition) is 1. The molecule has 0 saturated heterocycles. The topological polar surface area (TPSA) is 12.9 Å². The maximum absolute atomic E-state index is 4.79. The highest BCUT2D eigenvalue weighted by Gasteiger charge is 2.18. The molecular formula is C22H27N. The Bertz CT molecular complexity index is 631. The smallest absolute Gasteiger partial charge is 0.0702 e. The summed E-state index contributed by atoms with van der Waals surface area (Å²) in [6, 6.07) is 13.6. The molecule has 1 nitrogen and oxygen atoms in total. The number of hydrogen-bond donors (Lipinski definition) is 0. The summed E-state index contributed by atoms with van der Waals surface area (Å²) in [6.07, 6.45) is 14.5. The van der Waals surface area contributed by atoms with Crippen molar-refractivity contribution in [3.05, 3.63) is 53.7 Å². The first-order chi connectivity index (χ1) is 11.4. The van der Waals surface area contributed by atoms with Gasteiger partial charge in [0.1, 0.15) is 0 Å². The van der Waals surface area contributed by atoms with E-state index in [0.717, 1.165) is 17.5 Å². The zero-order chi connectivity index (χ0) is 15.5. The molecule has 0 atom stereocenters. The van der Waals surface area contributed by atoms with Crippen LogP contribution < -0.4 is 0 Å². The molecule has 0 amide bonds. The first kappa shape index (κ1) is 14.9. The second-order valence-electron chi connectivity index (χ2n) is 7.42. The van der Waals surface area contributed by atoms with Gasteiger partial charge in [0.15, 0.2) is 0 Å². The summed E-state index contributed by atoms with van der Waals surface area (Å²) in [7, 11) is 0. The van der Waals surface area contributed by atoms with Gasteiger partial charge in [-0.15, -0.1) is 0 Å². The van der Waals surface area contributed by atoms with Crippen molar-refractivity contribution in [3.63, 3.8) is 0 Å². The number of nitrogens with zero attached hydrogens (tertiary/aromatic N) is 1. The molecule has 2 aliphatic carbocycles. The van der Waals surface area contributed by atoms with E-state index in [1.807, 2.05) is 0 Å². The van der Waals surface area contributed by atoms with Crippen molar-refractivity contribution in [1.82, 2.24) is 4.98 Å². The lowest BCUT2D eigenvalue weighted by atomic mass is 9.85. The van der Waals surface area contributed by atoms with E-state index in [4.69, 9.17) is 4.98 Å². The Morgan fingerprint density at radius 1 is 0.696 bits per heavy atom. The van der Waals surface area contributed by atoms with E-state index in [9.17, 15) is 0 Å². The molecule has 1 heteroatoms. The molecule has 0 radical (unpaired) electrons. The molecule has 1 aromatic carbocycles. The lowest BCUT2D eigenvalue weighted by molar-refractivity contribution is 0.443. The molecule has 23 heavy (non-hydrogen) atoms. The van der Waals surface area contributed by atoms with Crippen LogP contribution in [-0.2, 0) is 0 Å². The summed E-state index contributed by atoms with van der Waals surface area (Å²) < 4.78 is 0. The van der Waals surface area contributed by atoms with Gasteiger partial charge < -0.3 is 0 Å². The van der Waals surface area contributed by atoms with Crippen LogP contribution in [0.25, 0.3) is 11.3 Å². The molecule has 1 heterocycles. The Morgan fingerprint density at radius 2 is 1.39 bits per heavy atom. The molecule has 0 aliphatic heterocycles. The van der Waals surface area contributed by atoms with E-state index in [1.54, 1.807) is 0 Å². The number of aromatic nitrogens is 1. The van der Waals surface area contributed by atoms with E-state index in [2.05, 4.69) is 42.6 Å². The first-order valence-corrected chi connectivity index (χ1v) is 9.46. The van der Waals surface area contributed by atoms with Gasteiger partial charge in [-0.2, -0.15) is 0 Å². The van der Waals surface area contributed by atoms with Gasteiger partial charge in [-0.3, -0.25) is 4.98 Å². The molecule has 2 aromatic rings. The van der Waals surface area contributed by atoms with Crippen LogP contribution in [0.2, 0.25) is 0 Å². The van der Waals surface area contributed by atoms with Gasteiger partial charge >= 0.3 is 0 Å². The molecule has 2 saturated carbocycles. The van der Waals surface area contributed by atoms with Gasteiger partial charge in [0, 0.05) is 11.8 Å². The minimum atomic E-state index is 0.745. The van der Waals surface area contributed by atoms with Crippen LogP contribution >= 0.6 is 0 Å². The second-order valence-corrected chi connectivity index (χ2v) is 7.42. The van der Waals surface area contributed by atoms with Crippen LogP contribution in [0.1, 0.15) is 80.8 Å². The second kappa shape index (κ2) is 6.86. The highest BCUT2D eigenvalue weighted by Crippen LogP contribution is 2.36. The van der Waals surface area contributed by atoms with Crippen LogP contribution in [-0.4, -0.2) is 4.98 Å². The van der Waals surface area contributed by atoms with Crippen molar-refractivity contribution in [2.75, 3.05) is 0 Å². The molecular weight excluding hydrogens is 278 g/mol. The van der Waals surface area contributed by atoms with Crippen LogP contribution in [0.15, 0.2) is 42.6 Å². The molecule has 0 spiro atoms. The van der Waals surface area contributed by atoms with E-state index in [-0.39, 0.29) is 0 Å². The molecule has 2 fully saturated rings. The van der Waals surface area contributed by atoms with Crippen molar-refractivity contribution in [2.45, 2.75) is 69.6 Å². The number of pyridine rings is 1. The average molecular weight is 305 g/mol. The highest BCUT2D eigenvalue weighted by atomic mass is 14.7. The lowest BCUT2D eigenvalue weighted by Gasteiger charge is -2.21. The van der Waals surface area contributed by atoms with Crippen LogP contribution in [0, 0.1) is 0 Å². The predicted octanol–water partition coefficient (Wildman–Crippen LogP) is 6.45. The maximum Gasteiger partial charge on any atom is 0.0702 e. The van der Waals surface area contributed by atoms with E-state index >= 15 is 0 Å². The van der Waals surface area contributed by atoms with Crippen molar-refractivity contribution in [1.29, 1.82) is 0 Å². The third kappa shape index (κ3) is 3.34. The Balaban J connectivity index is 1.54. The minimum Gasteiger partial charge on any atom is -0.256 e. The molecule has 0 bridgehead atoms. The lowest BCUT2D eigenvalue weighted by Crippen LogP contribution is -2.04. The molecule has 120 valence electrons. The van der Waals surface area contributed by atoms with Gasteiger partial charge in [-0.1, -0.05) is 56.4 Å². The first-order valence-electron chi connectivity index (χ1n) is 9.46. The molecule has 4 rings (SSSR count). The van der Waals surface area contributed by atoms with Crippen LogP contribution in [0.5, 0.6) is 0 Å². The van der Waals surface area contributed by atoms with E-state index < -0.39 is 0 Å². The van der Waals surface area contributed by atoms with Crippen LogP contribution in [0.3, 0.4) is 0 Å². The van der Waals surface area contributed by atoms with Gasteiger partial charge in [0.25, 0.3) is 0 Å². The Morgan fingerprint density at radius 3 is 2.09 bits per heavy atom. The third-order valence-corrected chi connectivity index (χ3v) is 5.87. The fourth-order valence-electron chi connectivity index (χ4n) is 4.46. The zero-order valence-electron chi connectivity index (χ0n) is 14.0. The van der Waals surface area contributed by atoms with Crippen molar-refractivity contribution >= 4 is 0 Å². The quantitative estimate of drug-likeness (QED) is 0.634. The number of benzene rings is 1. The van der Waals surface area contributed by atoms with E-state index in [0.29, 0.717) is 0 Å². The fraction of sp³-hybridized carbons (Fsp3) is 0.500. The zero-order valence-corrected chi connectivity index (χ0v) is 14.0. The summed E-state index contributed by atoms with van der Waals surface area (Å²) in [6.45, 7) is 0. The van der Waals surface area contributed by atoms with Crippen molar-refractivity contribution in [2.24, 2.45) is 0 Å². The molecule has 1 aromatic heterocycles. The number of rotatable bonds is 3. The van der Waals surface area contributed by atoms with E-state index in [1.165, 1.54) is 74.5 Å². The maximum atomic E-state index is 4.79. The minimum absolute atomic E-state index is 0.745. The summed E-state index contributed by atoms with van der Waals surface area (Å²) in [5.74, 6) is 1.52. The van der Waals surface area contributed by atoms with Crippen molar-refractivity contribution in [3.8, 4) is 11.3 Å². The summed E-state index contributed by atoms with van der Waals surface area (Å²) >= 11 is 0. The van der Waals surface area contributed by atoms with Gasteiger partial charge in [-0.05, 0) is 60.8 Å². The Labute approximate surface area is 140 Å². The molecule has 0 unspecified atom stereocenters. The monoisotopic (exact) mass is 305 g/mol. The summed E-state index contributed by atoms with van der Waals surface area (Å²) in [5.41, 5.74) is 5.37. The van der Waals surface area contributed by atoms with Crippen molar-refractivity contribution < 1.29 is 0 Å². The molecule has 0 N–H and O–H groups in total. The summed E-state index contributed by atoms with van der Waals surface area (Å²) in [5, 5.41) is 0. The highest BCUT2D eigenvalue weighted by molar-refractivity contribution is 5.60. The van der Waals surface area contributed by atoms with Crippen LogP contribution in [0.4, 0.5) is 0 Å². The SMILES string of the molecule is c1cc(-c2ccc(C3CCCCC3)cn2)cc(C2CCCC2)c1. The predicted molar refractivity (Wildman–Crippen MR) is 96.7 cm³/mol. The fourth-order valence-corrected chi connectivity index (χ4v) is 4.46. The largest absolute Gasteiger partial charge is 0.256 e. The van der Waals surface area contributed by atoms with Gasteiger partial charge in [0.05, 0.1) is 5.69 Å². The Kier molecular flexibility index (Phi) is 4.46. The summed E-state index contributed by atoms with van der Waals surface area (Å²) in [4.78, 5) is 4.79.